The predicted octanol–water partition coefficient (Wildman–Crippen LogP) is 1.53. The molecule has 0 spiro atoms. The Bertz CT molecular complexity index is 192. The predicted molar refractivity (Wildman–Crippen MR) is 60.2 cm³/mol. The highest BCUT2D eigenvalue weighted by atomic mass is 127. The average Bonchev–Trinajstić information content (AvgIpc) is 2.04. The van der Waals surface area contributed by atoms with Gasteiger partial charge in [-0.2, -0.15) is 0 Å². The summed E-state index contributed by atoms with van der Waals surface area (Å²) < 4.78 is 25.5. The number of halogens is 1. The summed E-state index contributed by atoms with van der Waals surface area (Å²) in [5.74, 6) is 0.180. The molecule has 0 amide bonds. The first kappa shape index (κ1) is 12.6. The van der Waals surface area contributed by atoms with E-state index in [1.54, 1.807) is 6.92 Å². The zero-order valence-electron chi connectivity index (χ0n) is 7.35. The highest BCUT2D eigenvalue weighted by molar-refractivity contribution is 14.1. The molecule has 0 atom stereocenters. The minimum Gasteiger partial charge on any atom is -0.215 e. The summed E-state index contributed by atoms with van der Waals surface area (Å²) >= 11 is 2.32. The molecule has 3 nitrogen and oxygen atoms in total. The maximum Gasteiger partial charge on any atom is 0.211 e. The standard InChI is InChI=1S/C7H16INO2S/c1-2-12(10,11)9-7-5-3-4-6-8/h9H,2-7H2,1H3. The van der Waals surface area contributed by atoms with Crippen LogP contribution in [0.25, 0.3) is 0 Å². The molecule has 0 aliphatic heterocycles. The topological polar surface area (TPSA) is 46.2 Å². The second kappa shape index (κ2) is 7.08. The molecule has 74 valence electrons. The highest BCUT2D eigenvalue weighted by Gasteiger charge is 2.03. The van der Waals surface area contributed by atoms with Crippen molar-refractivity contribution in [3.05, 3.63) is 0 Å². The Morgan fingerprint density at radius 1 is 1.25 bits per heavy atom. The average molecular weight is 305 g/mol. The molecule has 12 heavy (non-hydrogen) atoms. The molecule has 0 saturated carbocycles. The SMILES string of the molecule is CCS(=O)(=O)NCCCCCI. The Balaban J connectivity index is 3.32. The molecule has 0 unspecified atom stereocenters. The van der Waals surface area contributed by atoms with Crippen LogP contribution in [0.3, 0.4) is 0 Å². The molecule has 0 aromatic carbocycles. The van der Waals surface area contributed by atoms with Gasteiger partial charge in [-0.1, -0.05) is 29.0 Å². The van der Waals surface area contributed by atoms with Gasteiger partial charge in [0.05, 0.1) is 5.75 Å². The van der Waals surface area contributed by atoms with Gasteiger partial charge in [-0.3, -0.25) is 0 Å². The summed E-state index contributed by atoms with van der Waals surface area (Å²) in [6.07, 6.45) is 3.23. The highest BCUT2D eigenvalue weighted by Crippen LogP contribution is 1.97. The second-order valence-electron chi connectivity index (χ2n) is 2.55. The van der Waals surface area contributed by atoms with Gasteiger partial charge >= 0.3 is 0 Å². The number of alkyl halides is 1. The lowest BCUT2D eigenvalue weighted by molar-refractivity contribution is 0.577. The summed E-state index contributed by atoms with van der Waals surface area (Å²) in [6.45, 7) is 2.24. The summed E-state index contributed by atoms with van der Waals surface area (Å²) in [7, 11) is -2.96. The third kappa shape index (κ3) is 7.30. The molecule has 0 fully saturated rings. The quantitative estimate of drug-likeness (QED) is 0.440. The van der Waals surface area contributed by atoms with Crippen molar-refractivity contribution in [3.63, 3.8) is 0 Å². The summed E-state index contributed by atoms with van der Waals surface area (Å²) in [6, 6.07) is 0. The zero-order chi connectivity index (χ0) is 9.45. The molecule has 0 heterocycles. The Kier molecular flexibility index (Phi) is 7.46. The van der Waals surface area contributed by atoms with Crippen LogP contribution in [0.2, 0.25) is 0 Å². The molecule has 0 saturated heterocycles. The van der Waals surface area contributed by atoms with Crippen LogP contribution in [0.1, 0.15) is 26.2 Å². The lowest BCUT2D eigenvalue weighted by Crippen LogP contribution is -2.26. The summed E-state index contributed by atoms with van der Waals surface area (Å²) in [5.41, 5.74) is 0. The van der Waals surface area contributed by atoms with Crippen molar-refractivity contribution in [1.29, 1.82) is 0 Å². The largest absolute Gasteiger partial charge is 0.215 e. The van der Waals surface area contributed by atoms with E-state index < -0.39 is 10.0 Å². The van der Waals surface area contributed by atoms with Crippen molar-refractivity contribution in [3.8, 4) is 0 Å². The first-order valence-electron chi connectivity index (χ1n) is 4.15. The molecular weight excluding hydrogens is 289 g/mol. The molecule has 0 radical (unpaired) electrons. The Hall–Kier alpha value is 0.640. The van der Waals surface area contributed by atoms with E-state index in [4.69, 9.17) is 0 Å². The minimum absolute atomic E-state index is 0.180. The number of nitrogens with one attached hydrogen (secondary N) is 1. The maximum absolute atomic E-state index is 10.9. The van der Waals surface area contributed by atoms with E-state index in [9.17, 15) is 8.42 Å². The van der Waals surface area contributed by atoms with Crippen molar-refractivity contribution < 1.29 is 8.42 Å². The fraction of sp³-hybridized carbons (Fsp3) is 1.00. The van der Waals surface area contributed by atoms with Gasteiger partial charge in [0.1, 0.15) is 0 Å². The first-order chi connectivity index (χ1) is 5.62. The van der Waals surface area contributed by atoms with Crippen LogP contribution in [0.4, 0.5) is 0 Å². The molecule has 0 aliphatic carbocycles. The number of rotatable bonds is 7. The van der Waals surface area contributed by atoms with Gasteiger partial charge in [-0.15, -0.1) is 0 Å². The molecule has 0 rings (SSSR count). The molecule has 0 aliphatic rings. The lowest BCUT2D eigenvalue weighted by Gasteiger charge is -2.02. The number of sulfonamides is 1. The van der Waals surface area contributed by atoms with Crippen molar-refractivity contribution in [2.24, 2.45) is 0 Å². The van der Waals surface area contributed by atoms with Gasteiger partial charge in [-0.05, 0) is 24.2 Å². The van der Waals surface area contributed by atoms with Gasteiger partial charge in [0.15, 0.2) is 0 Å². The van der Waals surface area contributed by atoms with Gasteiger partial charge in [0.25, 0.3) is 0 Å². The summed E-state index contributed by atoms with van der Waals surface area (Å²) in [4.78, 5) is 0. The van der Waals surface area contributed by atoms with E-state index >= 15 is 0 Å². The minimum atomic E-state index is -2.96. The Morgan fingerprint density at radius 2 is 1.92 bits per heavy atom. The lowest BCUT2D eigenvalue weighted by atomic mass is 10.3. The Labute approximate surface area is 88.5 Å². The van der Waals surface area contributed by atoms with Gasteiger partial charge in [0.2, 0.25) is 10.0 Å². The Morgan fingerprint density at radius 3 is 2.42 bits per heavy atom. The van der Waals surface area contributed by atoms with Crippen LogP contribution < -0.4 is 4.72 Å². The van der Waals surface area contributed by atoms with Crippen molar-refractivity contribution in [2.45, 2.75) is 26.2 Å². The molecule has 0 aromatic heterocycles. The first-order valence-corrected chi connectivity index (χ1v) is 7.33. The molecule has 1 N–H and O–H groups in total. The van der Waals surface area contributed by atoms with E-state index in [0.717, 1.165) is 17.3 Å². The van der Waals surface area contributed by atoms with Crippen LogP contribution in [-0.4, -0.2) is 25.1 Å². The molecule has 5 heteroatoms. The number of hydrogen-bond acceptors (Lipinski definition) is 2. The van der Waals surface area contributed by atoms with Crippen LogP contribution in [-0.2, 0) is 10.0 Å². The molecular formula is C7H16INO2S. The molecule has 0 aromatic rings. The zero-order valence-corrected chi connectivity index (χ0v) is 10.3. The van der Waals surface area contributed by atoms with Crippen LogP contribution in [0.5, 0.6) is 0 Å². The third-order valence-corrected chi connectivity index (χ3v) is 3.68. The monoisotopic (exact) mass is 305 g/mol. The van der Waals surface area contributed by atoms with E-state index in [1.807, 2.05) is 0 Å². The van der Waals surface area contributed by atoms with Gasteiger partial charge in [0, 0.05) is 6.54 Å². The van der Waals surface area contributed by atoms with E-state index in [2.05, 4.69) is 27.3 Å². The number of unbranched alkanes of at least 4 members (excludes halogenated alkanes) is 2. The van der Waals surface area contributed by atoms with Crippen LogP contribution in [0.15, 0.2) is 0 Å². The van der Waals surface area contributed by atoms with Crippen LogP contribution >= 0.6 is 22.6 Å². The third-order valence-electron chi connectivity index (χ3n) is 1.51. The van der Waals surface area contributed by atoms with E-state index in [1.165, 1.54) is 6.42 Å². The van der Waals surface area contributed by atoms with Gasteiger partial charge in [-0.25, -0.2) is 13.1 Å². The second-order valence-corrected chi connectivity index (χ2v) is 5.72. The normalized spacial score (nSPS) is 11.8. The fourth-order valence-corrected chi connectivity index (χ4v) is 1.92. The van der Waals surface area contributed by atoms with E-state index in [-0.39, 0.29) is 5.75 Å². The number of hydrogen-bond donors (Lipinski definition) is 1. The maximum atomic E-state index is 10.9. The van der Waals surface area contributed by atoms with Crippen molar-refractivity contribution in [2.75, 3.05) is 16.7 Å². The summed E-state index contributed by atoms with van der Waals surface area (Å²) in [5, 5.41) is 0. The van der Waals surface area contributed by atoms with Crippen LogP contribution in [0, 0.1) is 0 Å². The smallest absolute Gasteiger partial charge is 0.211 e. The van der Waals surface area contributed by atoms with Crippen molar-refractivity contribution >= 4 is 32.6 Å². The fourth-order valence-electron chi connectivity index (χ4n) is 0.726. The van der Waals surface area contributed by atoms with Gasteiger partial charge < -0.3 is 0 Å². The molecule has 0 bridgehead atoms. The van der Waals surface area contributed by atoms with Crippen molar-refractivity contribution in [1.82, 2.24) is 4.72 Å². The van der Waals surface area contributed by atoms with E-state index in [0.29, 0.717) is 6.54 Å².